The van der Waals surface area contributed by atoms with Crippen molar-refractivity contribution in [1.82, 2.24) is 9.91 Å². The number of benzene rings is 1. The van der Waals surface area contributed by atoms with Crippen LogP contribution in [0.4, 0.5) is 0 Å². The fourth-order valence-electron chi connectivity index (χ4n) is 1.68. The fourth-order valence-corrected chi connectivity index (χ4v) is 1.68. The van der Waals surface area contributed by atoms with Gasteiger partial charge in [0.15, 0.2) is 11.5 Å². The van der Waals surface area contributed by atoms with Gasteiger partial charge in [-0.2, -0.15) is 5.10 Å². The van der Waals surface area contributed by atoms with E-state index in [0.717, 1.165) is 31.7 Å². The van der Waals surface area contributed by atoms with Gasteiger partial charge in [-0.1, -0.05) is 0 Å². The second-order valence-corrected chi connectivity index (χ2v) is 4.25. The molecule has 1 saturated heterocycles. The van der Waals surface area contributed by atoms with Gasteiger partial charge in [0.25, 0.3) is 0 Å². The highest BCUT2D eigenvalue weighted by molar-refractivity contribution is 5.80. The van der Waals surface area contributed by atoms with Crippen LogP contribution in [0.25, 0.3) is 0 Å². The van der Waals surface area contributed by atoms with E-state index in [9.17, 15) is 10.2 Å². The molecule has 92 valence electrons. The predicted octanol–water partition coefficient (Wildman–Crippen LogP) is 0.679. The zero-order valence-corrected chi connectivity index (χ0v) is 9.87. The number of hydrogen-bond acceptors (Lipinski definition) is 5. The van der Waals surface area contributed by atoms with Crippen LogP contribution in [0.1, 0.15) is 5.56 Å². The zero-order valence-electron chi connectivity index (χ0n) is 9.87. The third-order valence-corrected chi connectivity index (χ3v) is 2.85. The first-order valence-electron chi connectivity index (χ1n) is 5.64. The Hall–Kier alpha value is -1.75. The Morgan fingerprint density at radius 3 is 2.47 bits per heavy atom. The van der Waals surface area contributed by atoms with E-state index in [-0.39, 0.29) is 11.5 Å². The summed E-state index contributed by atoms with van der Waals surface area (Å²) in [5.74, 6) is -0.228. The van der Waals surface area contributed by atoms with E-state index in [1.54, 1.807) is 12.3 Å². The van der Waals surface area contributed by atoms with Crippen LogP contribution < -0.4 is 0 Å². The largest absolute Gasteiger partial charge is 0.504 e. The summed E-state index contributed by atoms with van der Waals surface area (Å²) in [5.41, 5.74) is 0.777. The Labute approximate surface area is 101 Å². The summed E-state index contributed by atoms with van der Waals surface area (Å²) in [6, 6.07) is 4.67. The summed E-state index contributed by atoms with van der Waals surface area (Å²) < 4.78 is 0. The molecule has 17 heavy (non-hydrogen) atoms. The van der Waals surface area contributed by atoms with Crippen molar-refractivity contribution in [2.45, 2.75) is 0 Å². The highest BCUT2D eigenvalue weighted by Gasteiger charge is 2.10. The maximum absolute atomic E-state index is 9.34. The van der Waals surface area contributed by atoms with Gasteiger partial charge in [0.05, 0.1) is 6.21 Å². The smallest absolute Gasteiger partial charge is 0.158 e. The minimum Gasteiger partial charge on any atom is -0.504 e. The van der Waals surface area contributed by atoms with Crippen LogP contribution in [-0.4, -0.2) is 59.6 Å². The van der Waals surface area contributed by atoms with Crippen molar-refractivity contribution in [3.05, 3.63) is 23.8 Å². The number of aromatic hydroxyl groups is 2. The fraction of sp³-hybridized carbons (Fsp3) is 0.417. The van der Waals surface area contributed by atoms with Gasteiger partial charge in [-0.15, -0.1) is 0 Å². The van der Waals surface area contributed by atoms with Crippen molar-refractivity contribution in [1.29, 1.82) is 0 Å². The van der Waals surface area contributed by atoms with Gasteiger partial charge in [0.1, 0.15) is 0 Å². The van der Waals surface area contributed by atoms with Gasteiger partial charge in [-0.3, -0.25) is 5.01 Å². The summed E-state index contributed by atoms with van der Waals surface area (Å²) >= 11 is 0. The van der Waals surface area contributed by atoms with Gasteiger partial charge in [-0.05, 0) is 30.8 Å². The molecule has 0 aromatic heterocycles. The Kier molecular flexibility index (Phi) is 3.49. The molecule has 1 heterocycles. The predicted molar refractivity (Wildman–Crippen MR) is 66.4 cm³/mol. The van der Waals surface area contributed by atoms with Crippen LogP contribution in [0.3, 0.4) is 0 Å². The van der Waals surface area contributed by atoms with Crippen molar-refractivity contribution in [3.63, 3.8) is 0 Å². The average molecular weight is 235 g/mol. The van der Waals surface area contributed by atoms with E-state index in [2.05, 4.69) is 17.0 Å². The highest BCUT2D eigenvalue weighted by Crippen LogP contribution is 2.24. The maximum atomic E-state index is 9.34. The second kappa shape index (κ2) is 5.05. The first kappa shape index (κ1) is 11.7. The number of nitrogens with zero attached hydrogens (tertiary/aromatic N) is 3. The normalized spacial score (nSPS) is 17.8. The lowest BCUT2D eigenvalue weighted by atomic mass is 10.2. The molecule has 1 aliphatic heterocycles. The van der Waals surface area contributed by atoms with Crippen molar-refractivity contribution in [3.8, 4) is 11.5 Å². The van der Waals surface area contributed by atoms with Gasteiger partial charge in [0.2, 0.25) is 0 Å². The Balaban J connectivity index is 1.97. The first-order chi connectivity index (χ1) is 8.15. The van der Waals surface area contributed by atoms with Gasteiger partial charge >= 0.3 is 0 Å². The van der Waals surface area contributed by atoms with Crippen LogP contribution in [0.2, 0.25) is 0 Å². The lowest BCUT2D eigenvalue weighted by molar-refractivity contribution is 0.159. The molecule has 2 rings (SSSR count). The van der Waals surface area contributed by atoms with Crippen LogP contribution in [0.5, 0.6) is 11.5 Å². The third kappa shape index (κ3) is 3.10. The molecule has 0 unspecified atom stereocenters. The molecule has 1 aromatic rings. The molecule has 5 heteroatoms. The van der Waals surface area contributed by atoms with Crippen molar-refractivity contribution >= 4 is 6.21 Å². The molecule has 0 spiro atoms. The highest BCUT2D eigenvalue weighted by atomic mass is 16.3. The van der Waals surface area contributed by atoms with Gasteiger partial charge in [-0.25, -0.2) is 0 Å². The van der Waals surface area contributed by atoms with E-state index in [1.807, 2.05) is 5.01 Å². The summed E-state index contributed by atoms with van der Waals surface area (Å²) in [6.07, 6.45) is 1.70. The van der Waals surface area contributed by atoms with E-state index < -0.39 is 0 Å². The van der Waals surface area contributed by atoms with Crippen LogP contribution >= 0.6 is 0 Å². The molecular formula is C12H17N3O2. The van der Waals surface area contributed by atoms with Crippen molar-refractivity contribution in [2.75, 3.05) is 33.2 Å². The zero-order chi connectivity index (χ0) is 12.3. The SMILES string of the molecule is CN1CCN(/N=C\c2ccc(O)c(O)c2)CC1. The Bertz CT molecular complexity index is 412. The third-order valence-electron chi connectivity index (χ3n) is 2.85. The molecule has 1 aliphatic rings. The lowest BCUT2D eigenvalue weighted by Crippen LogP contribution is -2.41. The van der Waals surface area contributed by atoms with E-state index in [4.69, 9.17) is 0 Å². The van der Waals surface area contributed by atoms with E-state index in [1.165, 1.54) is 12.1 Å². The van der Waals surface area contributed by atoms with E-state index >= 15 is 0 Å². The van der Waals surface area contributed by atoms with Crippen LogP contribution in [0.15, 0.2) is 23.3 Å². The summed E-state index contributed by atoms with van der Waals surface area (Å²) in [4.78, 5) is 2.26. The number of hydrazone groups is 1. The molecular weight excluding hydrogens is 218 g/mol. The number of rotatable bonds is 2. The summed E-state index contributed by atoms with van der Waals surface area (Å²) in [6.45, 7) is 3.85. The first-order valence-corrected chi connectivity index (χ1v) is 5.64. The molecule has 5 nitrogen and oxygen atoms in total. The molecule has 0 aliphatic carbocycles. The van der Waals surface area contributed by atoms with Crippen molar-refractivity contribution in [2.24, 2.45) is 5.10 Å². The second-order valence-electron chi connectivity index (χ2n) is 4.25. The Morgan fingerprint density at radius 2 is 1.82 bits per heavy atom. The van der Waals surface area contributed by atoms with Crippen molar-refractivity contribution < 1.29 is 10.2 Å². The number of phenols is 2. The molecule has 0 saturated carbocycles. The number of piperazine rings is 1. The number of likely N-dealkylation sites (N-methyl/N-ethyl adjacent to an activating group) is 1. The number of phenolic OH excluding ortho intramolecular Hbond substituents is 2. The molecule has 0 bridgehead atoms. The average Bonchev–Trinajstić information content (AvgIpc) is 2.33. The van der Waals surface area contributed by atoms with Gasteiger partial charge in [0, 0.05) is 26.2 Å². The lowest BCUT2D eigenvalue weighted by Gasteiger charge is -2.30. The molecule has 0 atom stereocenters. The molecule has 0 radical (unpaired) electrons. The van der Waals surface area contributed by atoms with Gasteiger partial charge < -0.3 is 15.1 Å². The standard InChI is InChI=1S/C12H17N3O2/c1-14-4-6-15(7-5-14)13-9-10-2-3-11(16)12(17)8-10/h2-3,8-9,16-17H,4-7H2,1H3/b13-9-. The molecule has 1 aromatic carbocycles. The number of hydrogen-bond donors (Lipinski definition) is 2. The molecule has 2 N–H and O–H groups in total. The minimum atomic E-state index is -0.118. The quantitative estimate of drug-likeness (QED) is 0.584. The summed E-state index contributed by atoms with van der Waals surface area (Å²) in [5, 5.41) is 24.9. The molecule has 0 amide bonds. The topological polar surface area (TPSA) is 59.3 Å². The molecule has 1 fully saturated rings. The Morgan fingerprint density at radius 1 is 1.12 bits per heavy atom. The van der Waals surface area contributed by atoms with Crippen LogP contribution in [0, 0.1) is 0 Å². The maximum Gasteiger partial charge on any atom is 0.158 e. The van der Waals surface area contributed by atoms with E-state index in [0.29, 0.717) is 0 Å². The van der Waals surface area contributed by atoms with Crippen LogP contribution in [-0.2, 0) is 0 Å². The minimum absolute atomic E-state index is 0.109. The monoisotopic (exact) mass is 235 g/mol. The summed E-state index contributed by atoms with van der Waals surface area (Å²) in [7, 11) is 2.10.